The zero-order chi connectivity index (χ0) is 32.7. The van der Waals surface area contributed by atoms with E-state index in [-0.39, 0.29) is 37.6 Å². The number of nitrogens with zero attached hydrogens (tertiary/aromatic N) is 2. The van der Waals surface area contributed by atoms with E-state index in [0.717, 1.165) is 16.9 Å². The van der Waals surface area contributed by atoms with E-state index in [9.17, 15) is 33.9 Å². The summed E-state index contributed by atoms with van der Waals surface area (Å²) in [6, 6.07) is 3.84. The standard InChI is InChI=1S/C31H44N6O8/c1-18(2)12-21-27(40)34-22(13-19-8-5-4-6-9-19)31(44)37-15-20(32-29(42)25-10-7-11-45-25)14-24(37)28(41)35-23(17-38)30(43)36(3)16-26(39)33-21/h4-6,8-9,18,20-25,38H,7,10-17H2,1-3H3,(H,32,42)(H,33,39)(H,34,40)(H,35,41)/t20-,21-,22-,23-,24-,25-/m0/s1. The number of hydrogen-bond donors (Lipinski definition) is 5. The van der Waals surface area contributed by atoms with Crippen LogP contribution < -0.4 is 21.3 Å². The fourth-order valence-corrected chi connectivity index (χ4v) is 5.99. The van der Waals surface area contributed by atoms with Crippen molar-refractivity contribution in [3.05, 3.63) is 35.9 Å². The number of rotatable bonds is 7. The van der Waals surface area contributed by atoms with Crippen LogP contribution >= 0.6 is 0 Å². The lowest BCUT2D eigenvalue weighted by molar-refractivity contribution is -0.143. The van der Waals surface area contributed by atoms with Gasteiger partial charge in [-0.15, -0.1) is 0 Å². The third kappa shape index (κ3) is 8.78. The monoisotopic (exact) mass is 628 g/mol. The predicted octanol–water partition coefficient (Wildman–Crippen LogP) is -1.54. The average molecular weight is 629 g/mol. The molecule has 0 spiro atoms. The SMILES string of the molecule is CC(C)C[C@@H]1NC(=O)CN(C)C(=O)[C@H](CO)NC(=O)[C@@H]2C[C@H](NC(=O)[C@@H]3CCCO3)CN2C(=O)[C@H](Cc2ccccc2)NC1=O. The second kappa shape index (κ2) is 15.3. The number of likely N-dealkylation sites (N-methyl/N-ethyl adjacent to an activating group) is 1. The number of hydrogen-bond acceptors (Lipinski definition) is 8. The molecule has 6 amide bonds. The Labute approximate surface area is 262 Å². The summed E-state index contributed by atoms with van der Waals surface area (Å²) >= 11 is 0. The summed E-state index contributed by atoms with van der Waals surface area (Å²) in [7, 11) is 1.35. The van der Waals surface area contributed by atoms with Gasteiger partial charge in [-0.2, -0.15) is 0 Å². The van der Waals surface area contributed by atoms with Gasteiger partial charge in [0.05, 0.1) is 13.2 Å². The summed E-state index contributed by atoms with van der Waals surface area (Å²) in [6.07, 6.45) is 1.12. The van der Waals surface area contributed by atoms with Crippen LogP contribution in [0.3, 0.4) is 0 Å². The van der Waals surface area contributed by atoms with Gasteiger partial charge in [0.2, 0.25) is 35.4 Å². The Morgan fingerprint density at radius 2 is 1.71 bits per heavy atom. The fourth-order valence-electron chi connectivity index (χ4n) is 5.99. The van der Waals surface area contributed by atoms with Crippen molar-refractivity contribution < 1.29 is 38.6 Å². The van der Waals surface area contributed by atoms with Crippen molar-refractivity contribution in [3.63, 3.8) is 0 Å². The van der Waals surface area contributed by atoms with Crippen LogP contribution in [-0.2, 0) is 39.9 Å². The van der Waals surface area contributed by atoms with Crippen LogP contribution in [0.25, 0.3) is 0 Å². The summed E-state index contributed by atoms with van der Waals surface area (Å²) in [4.78, 5) is 82.9. The highest BCUT2D eigenvalue weighted by atomic mass is 16.5. The number of benzene rings is 1. The first-order valence-electron chi connectivity index (χ1n) is 15.5. The van der Waals surface area contributed by atoms with E-state index in [1.807, 2.05) is 32.0 Å². The van der Waals surface area contributed by atoms with Crippen molar-refractivity contribution in [2.24, 2.45) is 5.92 Å². The fraction of sp³-hybridized carbons (Fsp3) is 0.613. The Balaban J connectivity index is 1.69. The summed E-state index contributed by atoms with van der Waals surface area (Å²) < 4.78 is 5.49. The molecule has 246 valence electrons. The van der Waals surface area contributed by atoms with Crippen LogP contribution in [0, 0.1) is 5.92 Å². The van der Waals surface area contributed by atoms with Crippen molar-refractivity contribution >= 4 is 35.4 Å². The van der Waals surface area contributed by atoms with Gasteiger partial charge in [-0.3, -0.25) is 28.8 Å². The smallest absolute Gasteiger partial charge is 0.249 e. The molecule has 4 rings (SSSR count). The highest BCUT2D eigenvalue weighted by Gasteiger charge is 2.44. The van der Waals surface area contributed by atoms with Gasteiger partial charge in [-0.05, 0) is 37.2 Å². The number of fused-ring (bicyclic) bond motifs is 1. The Morgan fingerprint density at radius 3 is 2.36 bits per heavy atom. The maximum Gasteiger partial charge on any atom is 0.249 e. The molecule has 1 aromatic rings. The minimum atomic E-state index is -1.38. The van der Waals surface area contributed by atoms with Gasteiger partial charge < -0.3 is 40.9 Å². The summed E-state index contributed by atoms with van der Waals surface area (Å²) in [5, 5.41) is 20.9. The van der Waals surface area contributed by atoms with Gasteiger partial charge in [-0.1, -0.05) is 44.2 Å². The molecule has 6 atom stereocenters. The molecule has 3 heterocycles. The summed E-state index contributed by atoms with van der Waals surface area (Å²) in [6.45, 7) is 3.05. The molecule has 45 heavy (non-hydrogen) atoms. The number of ether oxygens (including phenoxy) is 1. The van der Waals surface area contributed by atoms with Gasteiger partial charge in [-0.25, -0.2) is 0 Å². The summed E-state index contributed by atoms with van der Waals surface area (Å²) in [5.74, 6) is -3.51. The van der Waals surface area contributed by atoms with E-state index >= 15 is 0 Å². The highest BCUT2D eigenvalue weighted by Crippen LogP contribution is 2.23. The highest BCUT2D eigenvalue weighted by molar-refractivity contribution is 5.97. The first kappa shape index (κ1) is 33.8. The van der Waals surface area contributed by atoms with Crippen LogP contribution in [0.5, 0.6) is 0 Å². The predicted molar refractivity (Wildman–Crippen MR) is 161 cm³/mol. The molecule has 3 saturated heterocycles. The van der Waals surface area contributed by atoms with Gasteiger partial charge in [0.1, 0.15) is 30.3 Å². The van der Waals surface area contributed by atoms with Crippen LogP contribution in [0.15, 0.2) is 30.3 Å². The number of amides is 6. The number of aliphatic hydroxyl groups excluding tert-OH is 1. The quantitative estimate of drug-likeness (QED) is 0.240. The topological polar surface area (TPSA) is 186 Å². The van der Waals surface area contributed by atoms with Crippen molar-refractivity contribution in [3.8, 4) is 0 Å². The first-order chi connectivity index (χ1) is 21.5. The zero-order valence-corrected chi connectivity index (χ0v) is 26.0. The van der Waals surface area contributed by atoms with E-state index < -0.39 is 79.0 Å². The van der Waals surface area contributed by atoms with Crippen molar-refractivity contribution in [2.75, 3.05) is 33.4 Å². The summed E-state index contributed by atoms with van der Waals surface area (Å²) in [5.41, 5.74) is 0.759. The first-order valence-corrected chi connectivity index (χ1v) is 15.5. The number of nitrogens with one attached hydrogen (secondary N) is 4. The lowest BCUT2D eigenvalue weighted by Crippen LogP contribution is -2.58. The molecule has 3 fully saturated rings. The lowest BCUT2D eigenvalue weighted by Gasteiger charge is -2.30. The van der Waals surface area contributed by atoms with Gasteiger partial charge >= 0.3 is 0 Å². The van der Waals surface area contributed by atoms with E-state index in [1.54, 1.807) is 12.1 Å². The largest absolute Gasteiger partial charge is 0.394 e. The molecule has 5 N–H and O–H groups in total. The maximum atomic E-state index is 14.3. The van der Waals surface area contributed by atoms with E-state index in [4.69, 9.17) is 4.74 Å². The minimum absolute atomic E-state index is 0.00235. The average Bonchev–Trinajstić information content (AvgIpc) is 3.69. The van der Waals surface area contributed by atoms with Gasteiger partial charge in [0.25, 0.3) is 0 Å². The van der Waals surface area contributed by atoms with Gasteiger partial charge in [0, 0.05) is 32.7 Å². The van der Waals surface area contributed by atoms with Crippen LogP contribution in [0.4, 0.5) is 0 Å². The molecule has 0 radical (unpaired) electrons. The normalized spacial score (nSPS) is 28.6. The molecule has 14 nitrogen and oxygen atoms in total. The van der Waals surface area contributed by atoms with Crippen molar-refractivity contribution in [1.29, 1.82) is 0 Å². The molecular weight excluding hydrogens is 584 g/mol. The molecule has 14 heteroatoms. The molecule has 0 bridgehead atoms. The Bertz CT molecular complexity index is 1250. The van der Waals surface area contributed by atoms with E-state index in [2.05, 4.69) is 21.3 Å². The van der Waals surface area contributed by atoms with E-state index in [0.29, 0.717) is 13.0 Å². The van der Waals surface area contributed by atoms with Crippen LogP contribution in [0.1, 0.15) is 45.1 Å². The second-order valence-corrected chi connectivity index (χ2v) is 12.4. The molecule has 0 aliphatic carbocycles. The van der Waals surface area contributed by atoms with Crippen LogP contribution in [0.2, 0.25) is 0 Å². The maximum absolute atomic E-state index is 14.3. The number of carbonyl (C=O) groups is 6. The van der Waals surface area contributed by atoms with Crippen LogP contribution in [-0.4, -0.2) is 120 Å². The molecule has 0 aromatic heterocycles. The third-order valence-corrected chi connectivity index (χ3v) is 8.27. The van der Waals surface area contributed by atoms with Crippen molar-refractivity contribution in [2.45, 2.75) is 82.3 Å². The number of aliphatic hydroxyl groups is 1. The van der Waals surface area contributed by atoms with Crippen molar-refractivity contribution in [1.82, 2.24) is 31.1 Å². The Hall–Kier alpha value is -4.04. The van der Waals surface area contributed by atoms with E-state index in [1.165, 1.54) is 11.9 Å². The number of carbonyl (C=O) groups excluding carboxylic acids is 6. The molecule has 0 saturated carbocycles. The Kier molecular flexibility index (Phi) is 11.5. The minimum Gasteiger partial charge on any atom is -0.394 e. The molecule has 1 aromatic carbocycles. The Morgan fingerprint density at radius 1 is 1.00 bits per heavy atom. The molecular formula is C31H44N6O8. The molecule has 3 aliphatic rings. The lowest BCUT2D eigenvalue weighted by atomic mass is 10.0. The molecule has 3 aliphatic heterocycles. The third-order valence-electron chi connectivity index (χ3n) is 8.27. The second-order valence-electron chi connectivity index (χ2n) is 12.4. The van der Waals surface area contributed by atoms with Gasteiger partial charge in [0.15, 0.2) is 0 Å². The molecule has 0 unspecified atom stereocenters. The zero-order valence-electron chi connectivity index (χ0n) is 26.0.